The molecule has 1 aliphatic heterocycles. The van der Waals surface area contributed by atoms with Gasteiger partial charge in [0.15, 0.2) is 6.73 Å². The summed E-state index contributed by atoms with van der Waals surface area (Å²) in [6.45, 7) is 5.80. The lowest BCUT2D eigenvalue weighted by Gasteiger charge is -2.18. The van der Waals surface area contributed by atoms with Gasteiger partial charge in [-0.25, -0.2) is 9.63 Å². The second-order valence-electron chi connectivity index (χ2n) is 3.12. The molecule has 0 N–H and O–H groups in total. The molecule has 4 heteroatoms. The first-order valence-corrected chi connectivity index (χ1v) is 3.12. The van der Waals surface area contributed by atoms with E-state index in [0.717, 1.165) is 5.06 Å². The van der Waals surface area contributed by atoms with Gasteiger partial charge in [-0.2, -0.15) is 5.06 Å². The molecule has 1 heterocycles. The van der Waals surface area contributed by atoms with Crippen molar-refractivity contribution in [1.29, 1.82) is 0 Å². The van der Waals surface area contributed by atoms with E-state index >= 15 is 0 Å². The van der Waals surface area contributed by atoms with E-state index in [2.05, 4.69) is 4.84 Å². The van der Waals surface area contributed by atoms with Crippen LogP contribution in [0.5, 0.6) is 0 Å². The molecule has 1 saturated heterocycles. The minimum atomic E-state index is -0.428. The van der Waals surface area contributed by atoms with Gasteiger partial charge in [0, 0.05) is 0 Å². The van der Waals surface area contributed by atoms with Crippen LogP contribution in [0.4, 0.5) is 4.79 Å². The Morgan fingerprint density at radius 1 is 1.60 bits per heavy atom. The summed E-state index contributed by atoms with van der Waals surface area (Å²) in [5.74, 6) is 0. The molecule has 0 aromatic heterocycles. The lowest BCUT2D eigenvalue weighted by Crippen LogP contribution is -2.26. The van der Waals surface area contributed by atoms with E-state index in [4.69, 9.17) is 4.74 Å². The third-order valence-corrected chi connectivity index (χ3v) is 0.855. The van der Waals surface area contributed by atoms with Gasteiger partial charge in [0.05, 0.1) is 0 Å². The van der Waals surface area contributed by atoms with Gasteiger partial charge in [0.2, 0.25) is 0 Å². The van der Waals surface area contributed by atoms with Crippen molar-refractivity contribution in [2.75, 3.05) is 6.73 Å². The van der Waals surface area contributed by atoms with Crippen molar-refractivity contribution in [1.82, 2.24) is 5.06 Å². The maximum absolute atomic E-state index is 10.8. The van der Waals surface area contributed by atoms with Crippen molar-refractivity contribution in [3.63, 3.8) is 0 Å². The fraction of sp³-hybridized carbons (Fsp3) is 0.833. The zero-order valence-corrected chi connectivity index (χ0v) is 6.38. The summed E-state index contributed by atoms with van der Waals surface area (Å²) < 4.78 is 4.92. The van der Waals surface area contributed by atoms with Crippen LogP contribution >= 0.6 is 0 Å². The van der Waals surface area contributed by atoms with Crippen LogP contribution in [-0.4, -0.2) is 23.5 Å². The number of rotatable bonds is 0. The molecule has 0 bridgehead atoms. The van der Waals surface area contributed by atoms with Crippen LogP contribution in [0.2, 0.25) is 0 Å². The van der Waals surface area contributed by atoms with E-state index < -0.39 is 11.7 Å². The van der Waals surface area contributed by atoms with E-state index in [-0.39, 0.29) is 0 Å². The summed E-state index contributed by atoms with van der Waals surface area (Å²) in [5, 5.41) is 1.16. The van der Waals surface area contributed by atoms with Gasteiger partial charge in [0.25, 0.3) is 0 Å². The number of nitrogens with zero attached hydrogens (tertiary/aromatic N) is 1. The molecular formula is C6H11NO3. The van der Waals surface area contributed by atoms with Crippen molar-refractivity contribution in [3.8, 4) is 0 Å². The summed E-state index contributed by atoms with van der Waals surface area (Å²) in [7, 11) is 0. The number of hydrogen-bond donors (Lipinski definition) is 0. The first kappa shape index (κ1) is 7.34. The van der Waals surface area contributed by atoms with Gasteiger partial charge in [-0.1, -0.05) is 0 Å². The van der Waals surface area contributed by atoms with Crippen LogP contribution in [0.15, 0.2) is 0 Å². The van der Waals surface area contributed by atoms with Crippen molar-refractivity contribution in [2.24, 2.45) is 0 Å². The van der Waals surface area contributed by atoms with E-state index in [1.54, 1.807) is 0 Å². The average Bonchev–Trinajstić information content (AvgIpc) is 2.35. The Morgan fingerprint density at radius 2 is 2.10 bits per heavy atom. The Kier molecular flexibility index (Phi) is 1.56. The summed E-state index contributed by atoms with van der Waals surface area (Å²) in [4.78, 5) is 15.4. The van der Waals surface area contributed by atoms with Crippen LogP contribution < -0.4 is 0 Å². The summed E-state index contributed by atoms with van der Waals surface area (Å²) in [6, 6.07) is 0. The van der Waals surface area contributed by atoms with Crippen LogP contribution in [0.25, 0.3) is 0 Å². The Bertz CT molecular complexity index is 146. The first-order valence-electron chi connectivity index (χ1n) is 3.12. The highest BCUT2D eigenvalue weighted by atomic mass is 16.9. The molecule has 4 nitrogen and oxygen atoms in total. The van der Waals surface area contributed by atoms with Crippen molar-refractivity contribution >= 4 is 6.09 Å². The normalized spacial score (nSPS) is 16.9. The molecule has 58 valence electrons. The fourth-order valence-electron chi connectivity index (χ4n) is 0.447. The predicted molar refractivity (Wildman–Crippen MR) is 34.0 cm³/mol. The average molecular weight is 145 g/mol. The monoisotopic (exact) mass is 145 g/mol. The Balaban J connectivity index is 2.30. The molecule has 0 radical (unpaired) electrons. The Labute approximate surface area is 59.7 Å². The van der Waals surface area contributed by atoms with Gasteiger partial charge in [-0.05, 0) is 20.8 Å². The van der Waals surface area contributed by atoms with Crippen LogP contribution in [0.1, 0.15) is 20.8 Å². The smallest absolute Gasteiger partial charge is 0.436 e. The molecule has 1 aliphatic rings. The highest BCUT2D eigenvalue weighted by Gasteiger charge is 2.31. The number of hydroxylamine groups is 2. The summed E-state index contributed by atoms with van der Waals surface area (Å²) >= 11 is 0. The standard InChI is InChI=1S/C6H11NO3/c1-6(2,3)10-5(8)7-4-9-7/h4H2,1-3H3. The lowest BCUT2D eigenvalue weighted by molar-refractivity contribution is 0.0209. The Morgan fingerprint density at radius 3 is 2.40 bits per heavy atom. The number of amides is 1. The maximum atomic E-state index is 10.8. The fourth-order valence-corrected chi connectivity index (χ4v) is 0.447. The van der Waals surface area contributed by atoms with E-state index in [1.165, 1.54) is 0 Å². The third-order valence-electron chi connectivity index (χ3n) is 0.855. The van der Waals surface area contributed by atoms with Gasteiger partial charge >= 0.3 is 6.09 Å². The third kappa shape index (κ3) is 2.23. The second-order valence-corrected chi connectivity index (χ2v) is 3.12. The quantitative estimate of drug-likeness (QED) is 0.480. The van der Waals surface area contributed by atoms with Crippen molar-refractivity contribution in [3.05, 3.63) is 0 Å². The molecule has 1 amide bonds. The molecule has 1 rings (SSSR count). The zero-order valence-electron chi connectivity index (χ0n) is 6.38. The number of ether oxygens (including phenoxy) is 1. The highest BCUT2D eigenvalue weighted by molar-refractivity contribution is 5.67. The molecule has 10 heavy (non-hydrogen) atoms. The predicted octanol–water partition coefficient (Wildman–Crippen LogP) is 1.13. The van der Waals surface area contributed by atoms with E-state index in [0.29, 0.717) is 6.73 Å². The molecular weight excluding hydrogens is 134 g/mol. The maximum Gasteiger partial charge on any atom is 0.436 e. The SMILES string of the molecule is CC(C)(C)OC(=O)N1CO1. The summed E-state index contributed by atoms with van der Waals surface area (Å²) in [5.41, 5.74) is -0.428. The summed E-state index contributed by atoms with van der Waals surface area (Å²) in [6.07, 6.45) is -0.410. The van der Waals surface area contributed by atoms with Gasteiger partial charge < -0.3 is 4.74 Å². The molecule has 1 fully saturated rings. The molecule has 0 aromatic carbocycles. The van der Waals surface area contributed by atoms with Gasteiger partial charge in [-0.15, -0.1) is 0 Å². The van der Waals surface area contributed by atoms with Crippen LogP contribution in [-0.2, 0) is 9.57 Å². The largest absolute Gasteiger partial charge is 0.442 e. The van der Waals surface area contributed by atoms with Gasteiger partial charge in [0.1, 0.15) is 5.60 Å². The lowest BCUT2D eigenvalue weighted by atomic mass is 10.2. The minimum Gasteiger partial charge on any atom is -0.442 e. The molecule has 0 saturated carbocycles. The number of hydrogen-bond acceptors (Lipinski definition) is 3. The van der Waals surface area contributed by atoms with Crippen molar-refractivity contribution < 1.29 is 14.4 Å². The minimum absolute atomic E-state index is 0.356. The van der Waals surface area contributed by atoms with Crippen LogP contribution in [0, 0.1) is 0 Å². The highest BCUT2D eigenvalue weighted by Crippen LogP contribution is 2.14. The first-order chi connectivity index (χ1) is 4.49. The Hall–Kier alpha value is -0.770. The molecule has 0 aromatic rings. The topological polar surface area (TPSA) is 41.8 Å². The van der Waals surface area contributed by atoms with Gasteiger partial charge in [-0.3, -0.25) is 0 Å². The number of carbonyl (C=O) groups is 1. The van der Waals surface area contributed by atoms with E-state index in [9.17, 15) is 4.79 Å². The number of carbonyl (C=O) groups excluding carboxylic acids is 1. The molecule has 0 atom stereocenters. The molecule has 0 unspecified atom stereocenters. The van der Waals surface area contributed by atoms with Crippen molar-refractivity contribution in [2.45, 2.75) is 26.4 Å². The molecule has 0 aliphatic carbocycles. The van der Waals surface area contributed by atoms with Crippen LogP contribution in [0.3, 0.4) is 0 Å². The second kappa shape index (κ2) is 2.12. The zero-order chi connectivity index (χ0) is 7.78. The molecule has 0 spiro atoms. The van der Waals surface area contributed by atoms with E-state index in [1.807, 2.05) is 20.8 Å².